The van der Waals surface area contributed by atoms with Gasteiger partial charge in [0, 0.05) is 12.8 Å². The van der Waals surface area contributed by atoms with Crippen molar-refractivity contribution in [2.45, 2.75) is 264 Å². The van der Waals surface area contributed by atoms with Crippen molar-refractivity contribution in [3.8, 4) is 0 Å². The summed E-state index contributed by atoms with van der Waals surface area (Å²) in [5.41, 5.74) is 0. The van der Waals surface area contributed by atoms with E-state index in [1.165, 1.54) is 148 Å². The normalized spacial score (nSPS) is 12.8. The predicted octanol–water partition coefficient (Wildman–Crippen LogP) is 17.6. The first kappa shape index (κ1) is 59.3. The maximum Gasteiger partial charge on any atom is 0.306 e. The lowest BCUT2D eigenvalue weighted by Crippen LogP contribution is -2.28. The summed E-state index contributed by atoms with van der Waals surface area (Å²) in [7, 11) is 0. The number of hydrogen-bond donors (Lipinski definition) is 1. The molecule has 62 heavy (non-hydrogen) atoms. The fourth-order valence-electron chi connectivity index (χ4n) is 7.52. The first-order valence-corrected chi connectivity index (χ1v) is 26.5. The lowest BCUT2D eigenvalue weighted by Gasteiger charge is -2.15. The molecule has 1 atom stereocenters. The number of hydrogen-bond acceptors (Lipinski definition) is 5. The van der Waals surface area contributed by atoms with Crippen molar-refractivity contribution in [2.24, 2.45) is 0 Å². The molecule has 5 heteroatoms. The van der Waals surface area contributed by atoms with Gasteiger partial charge in [-0.15, -0.1) is 0 Å². The zero-order chi connectivity index (χ0) is 44.9. The molecule has 1 N–H and O–H groups in total. The standard InChI is InChI=1S/C57H100O5/c1-3-5-7-9-11-13-15-17-19-20-21-22-23-24-25-26-27-28-29-30-31-32-33-34-35-36-38-40-42-44-46-48-50-52-57(60)62-55(53-58)54-61-56(59)51-49-47-45-43-41-39-37-18-16-14-12-10-8-6-4-2/h6,8,12,14-15,17-18,20-21,23-24,37,55,58H,3-5,7,9-11,13,16,19,22,25-36,38-54H2,1-2H3/b8-6-,14-12-,17-15-,21-20-,24-23-,37-18-. The summed E-state index contributed by atoms with van der Waals surface area (Å²) in [5, 5.41) is 9.62. The number of carbonyl (C=O) groups excluding carboxylic acids is 2. The zero-order valence-corrected chi connectivity index (χ0v) is 40.9. The van der Waals surface area contributed by atoms with Crippen molar-refractivity contribution in [3.63, 3.8) is 0 Å². The molecule has 1 unspecified atom stereocenters. The van der Waals surface area contributed by atoms with Crippen molar-refractivity contribution >= 4 is 11.9 Å². The highest BCUT2D eigenvalue weighted by Crippen LogP contribution is 2.16. The van der Waals surface area contributed by atoms with Crippen LogP contribution in [0, 0.1) is 0 Å². The Morgan fingerprint density at radius 1 is 0.387 bits per heavy atom. The second-order valence-corrected chi connectivity index (χ2v) is 17.6. The maximum atomic E-state index is 12.3. The smallest absolute Gasteiger partial charge is 0.306 e. The predicted molar refractivity (Wildman–Crippen MR) is 270 cm³/mol. The Bertz CT molecular complexity index is 1110. The second-order valence-electron chi connectivity index (χ2n) is 17.6. The van der Waals surface area contributed by atoms with Crippen molar-refractivity contribution in [1.29, 1.82) is 0 Å². The summed E-state index contributed by atoms with van der Waals surface area (Å²) in [5.74, 6) is -0.606. The molecule has 0 rings (SSSR count). The molecule has 5 nitrogen and oxygen atoms in total. The molecule has 0 aromatic rings. The van der Waals surface area contributed by atoms with Crippen molar-refractivity contribution < 1.29 is 24.2 Å². The molecule has 0 heterocycles. The van der Waals surface area contributed by atoms with Gasteiger partial charge in [-0.25, -0.2) is 0 Å². The van der Waals surface area contributed by atoms with E-state index in [0.29, 0.717) is 12.8 Å². The number of aliphatic hydroxyl groups is 1. The second kappa shape index (κ2) is 52.7. The minimum Gasteiger partial charge on any atom is -0.462 e. The lowest BCUT2D eigenvalue weighted by molar-refractivity contribution is -0.161. The largest absolute Gasteiger partial charge is 0.462 e. The van der Waals surface area contributed by atoms with Gasteiger partial charge in [-0.05, 0) is 83.5 Å². The summed E-state index contributed by atoms with van der Waals surface area (Å²) in [6, 6.07) is 0. The first-order chi connectivity index (χ1) is 30.6. The van der Waals surface area contributed by atoms with Gasteiger partial charge < -0.3 is 14.6 Å². The third-order valence-electron chi connectivity index (χ3n) is 11.5. The van der Waals surface area contributed by atoms with E-state index >= 15 is 0 Å². The van der Waals surface area contributed by atoms with Crippen LogP contribution in [-0.2, 0) is 19.1 Å². The minimum absolute atomic E-state index is 0.0755. The van der Waals surface area contributed by atoms with Crippen LogP contribution in [0.15, 0.2) is 72.9 Å². The summed E-state index contributed by atoms with van der Waals surface area (Å²) in [6.45, 7) is 4.01. The topological polar surface area (TPSA) is 72.8 Å². The van der Waals surface area contributed by atoms with E-state index in [9.17, 15) is 14.7 Å². The Kier molecular flexibility index (Phi) is 50.4. The van der Waals surface area contributed by atoms with E-state index < -0.39 is 6.10 Å². The summed E-state index contributed by atoms with van der Waals surface area (Å²) in [6.07, 6.45) is 71.6. The van der Waals surface area contributed by atoms with Gasteiger partial charge in [0.2, 0.25) is 0 Å². The molecule has 0 spiro atoms. The van der Waals surface area contributed by atoms with Crippen LogP contribution in [0.5, 0.6) is 0 Å². The van der Waals surface area contributed by atoms with Crippen LogP contribution >= 0.6 is 0 Å². The van der Waals surface area contributed by atoms with Crippen LogP contribution in [0.3, 0.4) is 0 Å². The molecule has 0 aliphatic heterocycles. The van der Waals surface area contributed by atoms with Gasteiger partial charge >= 0.3 is 11.9 Å². The van der Waals surface area contributed by atoms with Gasteiger partial charge in [0.1, 0.15) is 6.61 Å². The SMILES string of the molecule is CC/C=C\C/C=C\C/C=C\CCCCCCCC(=O)OCC(CO)OC(=O)CCCCCCCCCCCCCCCCCCCC/C=C\C/C=C\C/C=C\CCCCCCC. The number of unbranched alkanes of at least 4 members (excludes halogenated alkanes) is 28. The van der Waals surface area contributed by atoms with Crippen LogP contribution < -0.4 is 0 Å². The molecule has 0 aromatic heterocycles. The number of aliphatic hydroxyl groups excluding tert-OH is 1. The Morgan fingerprint density at radius 2 is 0.694 bits per heavy atom. The van der Waals surface area contributed by atoms with Gasteiger partial charge in [0.15, 0.2) is 6.10 Å². The van der Waals surface area contributed by atoms with Crippen LogP contribution in [0.25, 0.3) is 0 Å². The zero-order valence-electron chi connectivity index (χ0n) is 40.9. The third kappa shape index (κ3) is 50.0. The van der Waals surface area contributed by atoms with E-state index in [4.69, 9.17) is 9.47 Å². The van der Waals surface area contributed by atoms with E-state index in [2.05, 4.69) is 86.8 Å². The van der Waals surface area contributed by atoms with Gasteiger partial charge in [0.05, 0.1) is 6.61 Å². The molecule has 0 aromatic carbocycles. The molecule has 0 fully saturated rings. The molecule has 0 amide bonds. The van der Waals surface area contributed by atoms with Crippen LogP contribution in [0.4, 0.5) is 0 Å². The van der Waals surface area contributed by atoms with E-state index in [-0.39, 0.29) is 25.2 Å². The molecule has 0 aliphatic rings. The number of ether oxygens (including phenoxy) is 2. The number of rotatable bonds is 48. The molecule has 0 bridgehead atoms. The first-order valence-electron chi connectivity index (χ1n) is 26.5. The molecule has 0 saturated heterocycles. The highest BCUT2D eigenvalue weighted by atomic mass is 16.6. The van der Waals surface area contributed by atoms with E-state index in [1.807, 2.05) is 0 Å². The Hall–Kier alpha value is -2.66. The van der Waals surface area contributed by atoms with E-state index in [0.717, 1.165) is 83.5 Å². The number of carbonyl (C=O) groups is 2. The van der Waals surface area contributed by atoms with Crippen molar-refractivity contribution in [1.82, 2.24) is 0 Å². The number of allylic oxidation sites excluding steroid dienone is 12. The van der Waals surface area contributed by atoms with Gasteiger partial charge in [-0.2, -0.15) is 0 Å². The summed E-state index contributed by atoms with van der Waals surface area (Å²) >= 11 is 0. The molecule has 358 valence electrons. The fourth-order valence-corrected chi connectivity index (χ4v) is 7.52. The quantitative estimate of drug-likeness (QED) is 0.0375. The average molecular weight is 865 g/mol. The highest BCUT2D eigenvalue weighted by molar-refractivity contribution is 5.70. The Morgan fingerprint density at radius 3 is 1.05 bits per heavy atom. The minimum atomic E-state index is -0.781. The summed E-state index contributed by atoms with van der Waals surface area (Å²) in [4.78, 5) is 24.4. The van der Waals surface area contributed by atoms with Gasteiger partial charge in [0.25, 0.3) is 0 Å². The lowest BCUT2D eigenvalue weighted by atomic mass is 10.0. The summed E-state index contributed by atoms with van der Waals surface area (Å²) < 4.78 is 10.7. The van der Waals surface area contributed by atoms with E-state index in [1.54, 1.807) is 0 Å². The number of esters is 2. The third-order valence-corrected chi connectivity index (χ3v) is 11.5. The van der Waals surface area contributed by atoms with Crippen molar-refractivity contribution in [3.05, 3.63) is 72.9 Å². The van der Waals surface area contributed by atoms with Crippen molar-refractivity contribution in [2.75, 3.05) is 13.2 Å². The molecule has 0 radical (unpaired) electrons. The molecule has 0 saturated carbocycles. The monoisotopic (exact) mass is 865 g/mol. The van der Waals surface area contributed by atoms with Crippen LogP contribution in [0.2, 0.25) is 0 Å². The van der Waals surface area contributed by atoms with Gasteiger partial charge in [-0.3, -0.25) is 9.59 Å². The van der Waals surface area contributed by atoms with Crippen LogP contribution in [0.1, 0.15) is 258 Å². The Labute approximate surface area is 384 Å². The molecule has 0 aliphatic carbocycles. The maximum absolute atomic E-state index is 12.3. The average Bonchev–Trinajstić information content (AvgIpc) is 3.28. The van der Waals surface area contributed by atoms with Gasteiger partial charge in [-0.1, -0.05) is 234 Å². The highest BCUT2D eigenvalue weighted by Gasteiger charge is 2.16. The van der Waals surface area contributed by atoms with Crippen LogP contribution in [-0.4, -0.2) is 36.4 Å². The molecular weight excluding hydrogens is 765 g/mol. The molecular formula is C57H100O5. The Balaban J connectivity index is 3.46. The fraction of sp³-hybridized carbons (Fsp3) is 0.754.